The van der Waals surface area contributed by atoms with Crippen LogP contribution in [-0.2, 0) is 37.4 Å². The van der Waals surface area contributed by atoms with Gasteiger partial charge >= 0.3 is 0 Å². The first-order valence-corrected chi connectivity index (χ1v) is 2.39. The summed E-state index contributed by atoms with van der Waals surface area (Å²) in [4.78, 5) is 0. The molecule has 1 aliphatic heterocycles. The van der Waals surface area contributed by atoms with Crippen LogP contribution in [-0.4, -0.2) is 13.2 Å². The largest absolute Gasteiger partial charge is 0.413 e. The molecule has 7 heavy (non-hydrogen) atoms. The van der Waals surface area contributed by atoms with Crippen LogP contribution in [0.25, 0.3) is 0 Å². The number of hydrogen-bond donors (Lipinski definition) is 0. The Kier molecular flexibility index (Phi) is 6.00. The predicted octanol–water partition coefficient (Wildman–Crippen LogP) is 0.999. The van der Waals surface area contributed by atoms with E-state index >= 15 is 0 Å². The van der Waals surface area contributed by atoms with E-state index in [0.717, 1.165) is 13.2 Å². The minimum atomic E-state index is 0. The Hall–Kier alpha value is 1.06. The summed E-state index contributed by atoms with van der Waals surface area (Å²) in [6, 6.07) is 0. The van der Waals surface area contributed by atoms with E-state index in [4.69, 9.17) is 4.74 Å². The maximum Gasteiger partial charge on any atom is 0.0406 e. The van der Waals surface area contributed by atoms with Crippen molar-refractivity contribution in [3.63, 3.8) is 0 Å². The van der Waals surface area contributed by atoms with E-state index in [0.29, 0.717) is 0 Å². The van der Waals surface area contributed by atoms with Crippen molar-refractivity contribution in [2.45, 2.75) is 12.8 Å². The van der Waals surface area contributed by atoms with Crippen LogP contribution in [0.4, 0.5) is 0 Å². The van der Waals surface area contributed by atoms with Gasteiger partial charge in [0, 0.05) is 39.3 Å². The standard InChI is InChI=1S/C5H9O.Y/c1-2-4-6-5-3-1;/h2H,1,3-5H2;/q-1;. The third-order valence-corrected chi connectivity index (χ3v) is 0.933. The van der Waals surface area contributed by atoms with Gasteiger partial charge in [0.05, 0.1) is 0 Å². The molecule has 1 rings (SSSR count). The zero-order chi connectivity index (χ0) is 4.24. The fourth-order valence-corrected chi connectivity index (χ4v) is 0.580. The Bertz CT molecular complexity index is 23.6. The van der Waals surface area contributed by atoms with Crippen LogP contribution in [0, 0.1) is 6.42 Å². The number of ether oxygens (including phenoxy) is 1. The molecule has 1 nitrogen and oxygen atoms in total. The Morgan fingerprint density at radius 1 is 1.43 bits per heavy atom. The molecule has 0 spiro atoms. The van der Waals surface area contributed by atoms with Crippen LogP contribution in [0.5, 0.6) is 0 Å². The molecule has 0 atom stereocenters. The van der Waals surface area contributed by atoms with Crippen molar-refractivity contribution < 1.29 is 37.4 Å². The molecule has 1 saturated heterocycles. The van der Waals surface area contributed by atoms with Gasteiger partial charge in [-0.1, -0.05) is 13.0 Å². The molecule has 0 unspecified atom stereocenters. The Balaban J connectivity index is 0.000000360. The summed E-state index contributed by atoms with van der Waals surface area (Å²) < 4.78 is 5.01. The van der Waals surface area contributed by atoms with Crippen LogP contribution in [0.2, 0.25) is 0 Å². The molecular weight excluding hydrogens is 165 g/mol. The zero-order valence-corrected chi connectivity index (χ0v) is 7.23. The summed E-state index contributed by atoms with van der Waals surface area (Å²) in [7, 11) is 0. The second kappa shape index (κ2) is 5.21. The van der Waals surface area contributed by atoms with E-state index in [1.54, 1.807) is 0 Å². The monoisotopic (exact) mass is 174 g/mol. The molecule has 1 heterocycles. The van der Waals surface area contributed by atoms with Crippen molar-refractivity contribution in [2.24, 2.45) is 0 Å². The molecule has 0 aromatic carbocycles. The molecule has 1 fully saturated rings. The summed E-state index contributed by atoms with van der Waals surface area (Å²) >= 11 is 0. The van der Waals surface area contributed by atoms with Crippen molar-refractivity contribution in [1.82, 2.24) is 0 Å². The van der Waals surface area contributed by atoms with E-state index in [-0.39, 0.29) is 32.7 Å². The Morgan fingerprint density at radius 3 is 2.43 bits per heavy atom. The Morgan fingerprint density at radius 2 is 2.29 bits per heavy atom. The van der Waals surface area contributed by atoms with Crippen molar-refractivity contribution in [3.05, 3.63) is 6.42 Å². The number of hydrogen-bond acceptors (Lipinski definition) is 1. The average Bonchev–Trinajstić information content (AvgIpc) is 1.72. The molecule has 0 bridgehead atoms. The van der Waals surface area contributed by atoms with Crippen LogP contribution in [0.15, 0.2) is 0 Å². The molecule has 0 N–H and O–H groups in total. The molecule has 39 valence electrons. The molecule has 0 aromatic rings. The van der Waals surface area contributed by atoms with Crippen LogP contribution in [0.3, 0.4) is 0 Å². The van der Waals surface area contributed by atoms with Gasteiger partial charge in [-0.25, -0.2) is 0 Å². The quantitative estimate of drug-likeness (QED) is 0.497. The minimum Gasteiger partial charge on any atom is -0.413 e. The van der Waals surface area contributed by atoms with Gasteiger partial charge in [-0.15, -0.1) is 0 Å². The van der Waals surface area contributed by atoms with Gasteiger partial charge in [0.15, 0.2) is 0 Å². The van der Waals surface area contributed by atoms with Crippen molar-refractivity contribution >= 4 is 0 Å². The predicted molar refractivity (Wildman–Crippen MR) is 24.4 cm³/mol. The van der Waals surface area contributed by atoms with Gasteiger partial charge in [-0.05, 0) is 0 Å². The van der Waals surface area contributed by atoms with Crippen molar-refractivity contribution in [2.75, 3.05) is 13.2 Å². The third-order valence-electron chi connectivity index (χ3n) is 0.933. The molecule has 0 amide bonds. The summed E-state index contributed by atoms with van der Waals surface area (Å²) in [5.41, 5.74) is 0. The van der Waals surface area contributed by atoms with Gasteiger partial charge in [0.25, 0.3) is 0 Å². The minimum absolute atomic E-state index is 0. The maximum atomic E-state index is 5.01. The van der Waals surface area contributed by atoms with Crippen LogP contribution < -0.4 is 0 Å². The van der Waals surface area contributed by atoms with Gasteiger partial charge in [-0.2, -0.15) is 6.42 Å². The first kappa shape index (κ1) is 8.06. The molecule has 2 heteroatoms. The van der Waals surface area contributed by atoms with E-state index in [1.807, 2.05) is 0 Å². The molecule has 1 radical (unpaired) electrons. The smallest absolute Gasteiger partial charge is 0.0406 e. The van der Waals surface area contributed by atoms with E-state index in [1.165, 1.54) is 12.8 Å². The molecule has 0 aliphatic carbocycles. The zero-order valence-electron chi connectivity index (χ0n) is 4.39. The van der Waals surface area contributed by atoms with Crippen LogP contribution >= 0.6 is 0 Å². The van der Waals surface area contributed by atoms with E-state index in [2.05, 4.69) is 6.42 Å². The van der Waals surface area contributed by atoms with E-state index < -0.39 is 0 Å². The van der Waals surface area contributed by atoms with Gasteiger partial charge in [0.1, 0.15) is 0 Å². The van der Waals surface area contributed by atoms with Crippen molar-refractivity contribution in [3.8, 4) is 0 Å². The van der Waals surface area contributed by atoms with E-state index in [9.17, 15) is 0 Å². The molecule has 0 aromatic heterocycles. The Labute approximate surface area is 69.7 Å². The summed E-state index contributed by atoms with van der Waals surface area (Å²) in [5, 5.41) is 0. The molecular formula is C5H9OY-. The summed E-state index contributed by atoms with van der Waals surface area (Å²) in [5.74, 6) is 0. The van der Waals surface area contributed by atoms with Gasteiger partial charge in [-0.3, -0.25) is 0 Å². The maximum absolute atomic E-state index is 5.01. The first-order valence-electron chi connectivity index (χ1n) is 2.39. The van der Waals surface area contributed by atoms with Gasteiger partial charge < -0.3 is 11.2 Å². The normalized spacial score (nSPS) is 20.6. The third kappa shape index (κ3) is 3.63. The molecule has 1 aliphatic rings. The topological polar surface area (TPSA) is 9.23 Å². The van der Waals surface area contributed by atoms with Crippen molar-refractivity contribution in [1.29, 1.82) is 0 Å². The van der Waals surface area contributed by atoms with Gasteiger partial charge in [0.2, 0.25) is 0 Å². The summed E-state index contributed by atoms with van der Waals surface area (Å²) in [6.45, 7) is 1.84. The SMILES string of the molecule is [CH-]1CCCOC1.[Y]. The molecule has 0 saturated carbocycles. The fraction of sp³-hybridized carbons (Fsp3) is 0.800. The second-order valence-electron chi connectivity index (χ2n) is 1.51. The number of rotatable bonds is 0. The first-order chi connectivity index (χ1) is 3.00. The fourth-order valence-electron chi connectivity index (χ4n) is 0.580. The average molecular weight is 174 g/mol. The summed E-state index contributed by atoms with van der Waals surface area (Å²) in [6.07, 6.45) is 4.64. The van der Waals surface area contributed by atoms with Crippen LogP contribution in [0.1, 0.15) is 12.8 Å². The second-order valence-corrected chi connectivity index (χ2v) is 1.51.